The second-order valence-electron chi connectivity index (χ2n) is 6.83. The van der Waals surface area contributed by atoms with Gasteiger partial charge in [0.15, 0.2) is 0 Å². The van der Waals surface area contributed by atoms with E-state index in [9.17, 15) is 9.90 Å². The highest BCUT2D eigenvalue weighted by Gasteiger charge is 2.54. The molecule has 1 saturated heterocycles. The number of carboxylic acid groups (broad SMARTS) is 1. The first-order chi connectivity index (χ1) is 9.03. The zero-order valence-electron chi connectivity index (χ0n) is 11.4. The summed E-state index contributed by atoms with van der Waals surface area (Å²) in [7, 11) is 0. The van der Waals surface area contributed by atoms with Crippen LogP contribution in [-0.4, -0.2) is 34.0 Å². The lowest BCUT2D eigenvalue weighted by Crippen LogP contribution is -2.56. The van der Waals surface area contributed by atoms with Crippen molar-refractivity contribution in [2.75, 3.05) is 6.61 Å². The molecular formula is C15H24O4. The lowest BCUT2D eigenvalue weighted by molar-refractivity contribution is -0.196. The van der Waals surface area contributed by atoms with Crippen molar-refractivity contribution < 1.29 is 19.7 Å². The van der Waals surface area contributed by atoms with Crippen molar-refractivity contribution >= 4 is 5.97 Å². The third-order valence-electron chi connectivity index (χ3n) is 5.57. The number of rotatable bonds is 2. The van der Waals surface area contributed by atoms with E-state index in [1.165, 1.54) is 19.3 Å². The monoisotopic (exact) mass is 268 g/mol. The number of hydrogen-bond acceptors (Lipinski definition) is 3. The van der Waals surface area contributed by atoms with Crippen LogP contribution in [0.1, 0.15) is 57.8 Å². The fraction of sp³-hybridized carbons (Fsp3) is 0.933. The van der Waals surface area contributed by atoms with Crippen LogP contribution in [0.4, 0.5) is 0 Å². The van der Waals surface area contributed by atoms with Gasteiger partial charge in [0, 0.05) is 6.61 Å². The van der Waals surface area contributed by atoms with E-state index < -0.39 is 11.6 Å². The molecule has 2 aliphatic carbocycles. The van der Waals surface area contributed by atoms with Gasteiger partial charge < -0.3 is 14.9 Å². The lowest BCUT2D eigenvalue weighted by Gasteiger charge is -2.53. The number of aliphatic carboxylic acids is 1. The molecule has 0 aromatic carbocycles. The average Bonchev–Trinajstić information content (AvgIpc) is 2.35. The molecule has 4 heteroatoms. The van der Waals surface area contributed by atoms with Crippen LogP contribution in [0.3, 0.4) is 0 Å². The van der Waals surface area contributed by atoms with E-state index >= 15 is 0 Å². The molecule has 4 nitrogen and oxygen atoms in total. The van der Waals surface area contributed by atoms with Gasteiger partial charge in [0.25, 0.3) is 0 Å². The Balaban J connectivity index is 1.64. The second-order valence-corrected chi connectivity index (χ2v) is 6.83. The summed E-state index contributed by atoms with van der Waals surface area (Å²) in [5.41, 5.74) is -0.748. The number of hydrogen-bond donors (Lipinski definition) is 2. The van der Waals surface area contributed by atoms with Crippen molar-refractivity contribution in [3.05, 3.63) is 0 Å². The average molecular weight is 268 g/mol. The maximum absolute atomic E-state index is 10.9. The van der Waals surface area contributed by atoms with Crippen molar-refractivity contribution in [3.63, 3.8) is 0 Å². The topological polar surface area (TPSA) is 66.8 Å². The summed E-state index contributed by atoms with van der Waals surface area (Å²) in [5.74, 6) is -0.866. The lowest BCUT2D eigenvalue weighted by atomic mass is 9.60. The number of aliphatic hydroxyl groups is 1. The summed E-state index contributed by atoms with van der Waals surface area (Å²) in [5, 5.41) is 19.6. The fourth-order valence-electron chi connectivity index (χ4n) is 4.33. The number of carbonyl (C=O) groups is 1. The van der Waals surface area contributed by atoms with Gasteiger partial charge >= 0.3 is 5.97 Å². The van der Waals surface area contributed by atoms with Crippen LogP contribution >= 0.6 is 0 Å². The molecule has 108 valence electrons. The standard InChI is InChI=1S/C15H24O4/c16-13(17)11-8-15(18,9-11)12-4-7-19-14(10-12)5-2-1-3-6-14/h11-12,18H,1-10H2,(H,16,17). The molecule has 2 saturated carbocycles. The normalized spacial score (nSPS) is 41.7. The Morgan fingerprint density at radius 1 is 1.11 bits per heavy atom. The minimum atomic E-state index is -0.760. The van der Waals surface area contributed by atoms with Crippen molar-refractivity contribution in [2.24, 2.45) is 11.8 Å². The van der Waals surface area contributed by atoms with E-state index in [-0.39, 0.29) is 17.4 Å². The quantitative estimate of drug-likeness (QED) is 0.806. The van der Waals surface area contributed by atoms with Gasteiger partial charge in [0.2, 0.25) is 0 Å². The molecule has 1 unspecified atom stereocenters. The fourth-order valence-corrected chi connectivity index (χ4v) is 4.33. The Morgan fingerprint density at radius 3 is 2.42 bits per heavy atom. The second kappa shape index (κ2) is 4.74. The summed E-state index contributed by atoms with van der Waals surface area (Å²) in [6.45, 7) is 0.727. The van der Waals surface area contributed by atoms with Crippen molar-refractivity contribution in [2.45, 2.75) is 69.0 Å². The van der Waals surface area contributed by atoms with Crippen LogP contribution in [-0.2, 0) is 9.53 Å². The molecule has 1 atom stereocenters. The molecule has 0 amide bonds. The molecule has 0 aromatic rings. The van der Waals surface area contributed by atoms with E-state index in [4.69, 9.17) is 9.84 Å². The van der Waals surface area contributed by atoms with Crippen LogP contribution in [0.25, 0.3) is 0 Å². The Morgan fingerprint density at radius 2 is 1.79 bits per heavy atom. The molecule has 0 radical (unpaired) electrons. The molecule has 3 fully saturated rings. The first kappa shape index (κ1) is 13.4. The van der Waals surface area contributed by atoms with Crippen LogP contribution in [0.5, 0.6) is 0 Å². The molecular weight excluding hydrogens is 244 g/mol. The summed E-state index contributed by atoms with van der Waals surface area (Å²) in [6, 6.07) is 0. The Kier molecular flexibility index (Phi) is 3.34. The largest absolute Gasteiger partial charge is 0.481 e. The van der Waals surface area contributed by atoms with Gasteiger partial charge in [-0.05, 0) is 44.4 Å². The van der Waals surface area contributed by atoms with E-state index in [0.29, 0.717) is 12.8 Å². The Labute approximate surface area is 114 Å². The molecule has 0 aromatic heterocycles. The number of ether oxygens (including phenoxy) is 1. The maximum Gasteiger partial charge on any atom is 0.306 e. The minimum absolute atomic E-state index is 0.00872. The first-order valence-electron chi connectivity index (χ1n) is 7.62. The van der Waals surface area contributed by atoms with E-state index in [1.807, 2.05) is 0 Å². The zero-order valence-corrected chi connectivity index (χ0v) is 11.4. The third-order valence-corrected chi connectivity index (χ3v) is 5.57. The smallest absolute Gasteiger partial charge is 0.306 e. The Bertz CT molecular complexity index is 348. The van der Waals surface area contributed by atoms with Crippen molar-refractivity contribution in [3.8, 4) is 0 Å². The highest BCUT2D eigenvalue weighted by molar-refractivity contribution is 5.71. The summed E-state index contributed by atoms with van der Waals surface area (Å²) in [6.07, 6.45) is 8.64. The molecule has 19 heavy (non-hydrogen) atoms. The molecule has 3 aliphatic rings. The predicted molar refractivity (Wildman–Crippen MR) is 69.8 cm³/mol. The number of carboxylic acids is 1. The third kappa shape index (κ3) is 2.40. The van der Waals surface area contributed by atoms with Crippen LogP contribution in [0.2, 0.25) is 0 Å². The molecule has 2 N–H and O–H groups in total. The van der Waals surface area contributed by atoms with Gasteiger partial charge in [0.05, 0.1) is 17.1 Å². The van der Waals surface area contributed by atoms with Crippen LogP contribution in [0, 0.1) is 11.8 Å². The minimum Gasteiger partial charge on any atom is -0.481 e. The molecule has 1 spiro atoms. The van der Waals surface area contributed by atoms with Crippen LogP contribution in [0.15, 0.2) is 0 Å². The van der Waals surface area contributed by atoms with Crippen molar-refractivity contribution in [1.82, 2.24) is 0 Å². The molecule has 3 rings (SSSR count). The van der Waals surface area contributed by atoms with Crippen molar-refractivity contribution in [1.29, 1.82) is 0 Å². The SMILES string of the molecule is O=C(O)C1CC(O)(C2CCOC3(CCCCC3)C2)C1. The van der Waals surface area contributed by atoms with Gasteiger partial charge in [0.1, 0.15) is 0 Å². The molecule has 1 aliphatic heterocycles. The van der Waals surface area contributed by atoms with E-state index in [0.717, 1.165) is 32.3 Å². The van der Waals surface area contributed by atoms with Gasteiger partial charge in [-0.25, -0.2) is 0 Å². The predicted octanol–water partition coefficient (Wildman–Crippen LogP) is 2.34. The summed E-state index contributed by atoms with van der Waals surface area (Å²) < 4.78 is 6.05. The molecule has 0 bridgehead atoms. The van der Waals surface area contributed by atoms with Gasteiger partial charge in [-0.15, -0.1) is 0 Å². The van der Waals surface area contributed by atoms with E-state index in [2.05, 4.69) is 0 Å². The molecule has 1 heterocycles. The maximum atomic E-state index is 10.9. The summed E-state index contributed by atoms with van der Waals surface area (Å²) >= 11 is 0. The zero-order chi connectivity index (χ0) is 13.5. The highest BCUT2D eigenvalue weighted by Crippen LogP contribution is 2.51. The summed E-state index contributed by atoms with van der Waals surface area (Å²) in [4.78, 5) is 10.9. The van der Waals surface area contributed by atoms with Gasteiger partial charge in [-0.2, -0.15) is 0 Å². The van der Waals surface area contributed by atoms with Gasteiger partial charge in [-0.3, -0.25) is 4.79 Å². The van der Waals surface area contributed by atoms with Gasteiger partial charge in [-0.1, -0.05) is 19.3 Å². The first-order valence-corrected chi connectivity index (χ1v) is 7.62. The van der Waals surface area contributed by atoms with Crippen LogP contribution < -0.4 is 0 Å². The highest BCUT2D eigenvalue weighted by atomic mass is 16.5. The Hall–Kier alpha value is -0.610. The van der Waals surface area contributed by atoms with E-state index in [1.54, 1.807) is 0 Å².